The van der Waals surface area contributed by atoms with Gasteiger partial charge in [-0.15, -0.1) is 0 Å². The SMILES string of the molecule is COc1ccc(C(=O)Nc2ccccc2C2=NC3CCN=CC=C3S2)c(OC)c1. The molecule has 0 bridgehead atoms. The summed E-state index contributed by atoms with van der Waals surface area (Å²) in [4.78, 5) is 23.3. The van der Waals surface area contributed by atoms with Gasteiger partial charge in [0.25, 0.3) is 5.91 Å². The molecule has 0 aliphatic carbocycles. The van der Waals surface area contributed by atoms with Crippen molar-refractivity contribution in [3.05, 3.63) is 64.6 Å². The molecule has 2 aromatic carbocycles. The van der Waals surface area contributed by atoms with Crippen molar-refractivity contribution < 1.29 is 14.3 Å². The molecule has 29 heavy (non-hydrogen) atoms. The van der Waals surface area contributed by atoms with Crippen LogP contribution in [0, 0.1) is 0 Å². The number of nitrogens with one attached hydrogen (secondary N) is 1. The van der Waals surface area contributed by atoms with Gasteiger partial charge in [0, 0.05) is 29.3 Å². The molecule has 0 saturated heterocycles. The van der Waals surface area contributed by atoms with E-state index in [1.54, 1.807) is 37.1 Å². The van der Waals surface area contributed by atoms with E-state index in [1.807, 2.05) is 36.6 Å². The highest BCUT2D eigenvalue weighted by molar-refractivity contribution is 8.18. The van der Waals surface area contributed by atoms with E-state index < -0.39 is 0 Å². The Hall–Kier alpha value is -3.06. The highest BCUT2D eigenvalue weighted by atomic mass is 32.2. The number of anilines is 1. The highest BCUT2D eigenvalue weighted by Crippen LogP contribution is 2.38. The van der Waals surface area contributed by atoms with Crippen molar-refractivity contribution in [3.8, 4) is 11.5 Å². The summed E-state index contributed by atoms with van der Waals surface area (Å²) in [7, 11) is 3.11. The first-order valence-electron chi connectivity index (χ1n) is 9.28. The third-order valence-corrected chi connectivity index (χ3v) is 5.91. The minimum atomic E-state index is -0.249. The smallest absolute Gasteiger partial charge is 0.259 e. The second-order valence-corrected chi connectivity index (χ2v) is 7.59. The first-order valence-corrected chi connectivity index (χ1v) is 10.1. The zero-order valence-corrected chi connectivity index (χ0v) is 17.0. The molecule has 0 aromatic heterocycles. The minimum absolute atomic E-state index is 0.142. The molecule has 0 saturated carbocycles. The summed E-state index contributed by atoms with van der Waals surface area (Å²) in [6, 6.07) is 13.0. The number of ether oxygens (including phenoxy) is 2. The third-order valence-electron chi connectivity index (χ3n) is 4.75. The van der Waals surface area contributed by atoms with Crippen molar-refractivity contribution in [2.24, 2.45) is 9.98 Å². The van der Waals surface area contributed by atoms with Crippen LogP contribution in [0.5, 0.6) is 11.5 Å². The number of fused-ring (bicyclic) bond motifs is 1. The molecule has 148 valence electrons. The molecule has 2 aliphatic rings. The zero-order valence-electron chi connectivity index (χ0n) is 16.2. The van der Waals surface area contributed by atoms with Crippen LogP contribution in [-0.2, 0) is 0 Å². The van der Waals surface area contributed by atoms with Gasteiger partial charge in [-0.05, 0) is 30.7 Å². The van der Waals surface area contributed by atoms with Gasteiger partial charge in [0.1, 0.15) is 16.5 Å². The normalized spacial score (nSPS) is 17.7. The number of rotatable bonds is 5. The van der Waals surface area contributed by atoms with Crippen LogP contribution in [0.4, 0.5) is 5.69 Å². The fourth-order valence-corrected chi connectivity index (χ4v) is 4.37. The molecular formula is C22H21N3O3S. The summed E-state index contributed by atoms with van der Waals surface area (Å²) >= 11 is 1.64. The average molecular weight is 407 g/mol. The quantitative estimate of drug-likeness (QED) is 0.807. The molecule has 0 spiro atoms. The summed E-state index contributed by atoms with van der Waals surface area (Å²) in [6.45, 7) is 0.775. The second-order valence-electron chi connectivity index (χ2n) is 6.53. The number of carbonyl (C=O) groups is 1. The van der Waals surface area contributed by atoms with Crippen molar-refractivity contribution in [1.82, 2.24) is 0 Å². The van der Waals surface area contributed by atoms with Crippen LogP contribution in [0.25, 0.3) is 0 Å². The molecular weight excluding hydrogens is 386 g/mol. The van der Waals surface area contributed by atoms with Gasteiger partial charge in [-0.1, -0.05) is 30.0 Å². The van der Waals surface area contributed by atoms with Crippen molar-refractivity contribution >= 4 is 34.6 Å². The van der Waals surface area contributed by atoms with Gasteiger partial charge in [-0.2, -0.15) is 0 Å². The Morgan fingerprint density at radius 3 is 2.86 bits per heavy atom. The van der Waals surface area contributed by atoms with E-state index in [1.165, 1.54) is 12.0 Å². The molecule has 7 heteroatoms. The van der Waals surface area contributed by atoms with Crippen LogP contribution in [0.3, 0.4) is 0 Å². The molecule has 1 atom stereocenters. The van der Waals surface area contributed by atoms with Crippen LogP contribution in [0.1, 0.15) is 22.3 Å². The van der Waals surface area contributed by atoms with Crippen LogP contribution in [-0.4, -0.2) is 44.0 Å². The van der Waals surface area contributed by atoms with Crippen molar-refractivity contribution in [1.29, 1.82) is 0 Å². The van der Waals surface area contributed by atoms with Crippen LogP contribution >= 0.6 is 11.8 Å². The number of nitrogens with zero attached hydrogens (tertiary/aromatic N) is 2. The maximum absolute atomic E-state index is 12.9. The largest absolute Gasteiger partial charge is 0.497 e. The van der Waals surface area contributed by atoms with Gasteiger partial charge in [-0.3, -0.25) is 14.8 Å². The van der Waals surface area contributed by atoms with Gasteiger partial charge < -0.3 is 14.8 Å². The van der Waals surface area contributed by atoms with E-state index in [2.05, 4.69) is 10.3 Å². The first-order chi connectivity index (χ1) is 14.2. The van der Waals surface area contributed by atoms with Gasteiger partial charge >= 0.3 is 0 Å². The number of allylic oxidation sites excluding steroid dienone is 1. The molecule has 4 rings (SSSR count). The molecule has 1 amide bonds. The average Bonchev–Trinajstić information content (AvgIpc) is 3.03. The fraction of sp³-hybridized carbons (Fsp3) is 0.227. The Kier molecular flexibility index (Phi) is 5.67. The van der Waals surface area contributed by atoms with Crippen LogP contribution in [0.2, 0.25) is 0 Å². The van der Waals surface area contributed by atoms with Gasteiger partial charge in [0.05, 0.1) is 31.5 Å². The lowest BCUT2D eigenvalue weighted by Gasteiger charge is -2.13. The topological polar surface area (TPSA) is 72.3 Å². The summed E-state index contributed by atoms with van der Waals surface area (Å²) < 4.78 is 10.6. The maximum Gasteiger partial charge on any atom is 0.259 e. The Morgan fingerprint density at radius 2 is 2.03 bits per heavy atom. The van der Waals surface area contributed by atoms with Crippen LogP contribution < -0.4 is 14.8 Å². The number of para-hydroxylation sites is 1. The Morgan fingerprint density at radius 1 is 1.17 bits per heavy atom. The molecule has 0 fully saturated rings. The lowest BCUT2D eigenvalue weighted by Crippen LogP contribution is -2.15. The monoisotopic (exact) mass is 407 g/mol. The summed E-state index contributed by atoms with van der Waals surface area (Å²) in [5.74, 6) is 0.839. The fourth-order valence-electron chi connectivity index (χ4n) is 3.24. The molecule has 1 N–H and O–H groups in total. The molecule has 1 unspecified atom stereocenters. The highest BCUT2D eigenvalue weighted by Gasteiger charge is 2.27. The predicted octanol–water partition coefficient (Wildman–Crippen LogP) is 4.18. The second kappa shape index (κ2) is 8.53. The first kappa shape index (κ1) is 19.3. The molecule has 2 aliphatic heterocycles. The number of aliphatic imine (C=N–C) groups is 2. The van der Waals surface area contributed by atoms with Gasteiger partial charge in [-0.25, -0.2) is 0 Å². The third kappa shape index (κ3) is 4.05. The summed E-state index contributed by atoms with van der Waals surface area (Å²) in [5, 5.41) is 3.92. The zero-order chi connectivity index (χ0) is 20.2. The standard InChI is InChI=1S/C22H21N3O3S/c1-27-14-7-8-16(19(13-14)28-2)21(26)24-17-6-4-3-5-15(17)22-25-18-9-11-23-12-10-20(18)29-22/h3-8,10,12-13,18H,9,11H2,1-2H3,(H,24,26). The lowest BCUT2D eigenvalue weighted by atomic mass is 10.1. The summed E-state index contributed by atoms with van der Waals surface area (Å²) in [6.07, 6.45) is 4.78. The number of hydrogen-bond donors (Lipinski definition) is 1. The Balaban J connectivity index is 1.61. The van der Waals surface area contributed by atoms with E-state index in [0.717, 1.165) is 23.6 Å². The van der Waals surface area contributed by atoms with Crippen molar-refractivity contribution in [2.75, 3.05) is 26.1 Å². The Bertz CT molecular complexity index is 1030. The van der Waals surface area contributed by atoms with E-state index in [0.29, 0.717) is 22.7 Å². The van der Waals surface area contributed by atoms with E-state index in [-0.39, 0.29) is 11.9 Å². The predicted molar refractivity (Wildman–Crippen MR) is 118 cm³/mol. The number of methoxy groups -OCH3 is 2. The molecule has 0 radical (unpaired) electrons. The van der Waals surface area contributed by atoms with Crippen LogP contribution in [0.15, 0.2) is 63.4 Å². The molecule has 2 aromatic rings. The minimum Gasteiger partial charge on any atom is -0.497 e. The lowest BCUT2D eigenvalue weighted by molar-refractivity contribution is 0.102. The van der Waals surface area contributed by atoms with Gasteiger partial charge in [0.2, 0.25) is 0 Å². The number of benzene rings is 2. The molecule has 6 nitrogen and oxygen atoms in total. The van der Waals surface area contributed by atoms with Gasteiger partial charge in [0.15, 0.2) is 0 Å². The number of carbonyl (C=O) groups excluding carboxylic acids is 1. The number of hydrogen-bond acceptors (Lipinski definition) is 6. The van der Waals surface area contributed by atoms with E-state index in [9.17, 15) is 4.79 Å². The van der Waals surface area contributed by atoms with E-state index in [4.69, 9.17) is 14.5 Å². The molecule has 2 heterocycles. The number of thioether (sulfide) groups is 1. The Labute approximate surface area is 173 Å². The summed E-state index contributed by atoms with van der Waals surface area (Å²) in [5.41, 5.74) is 2.06. The maximum atomic E-state index is 12.9. The number of amides is 1. The van der Waals surface area contributed by atoms with Crippen molar-refractivity contribution in [3.63, 3.8) is 0 Å². The van der Waals surface area contributed by atoms with Crippen molar-refractivity contribution in [2.45, 2.75) is 12.5 Å². The van der Waals surface area contributed by atoms with E-state index >= 15 is 0 Å².